The molecule has 0 amide bonds. The number of aliphatic hydroxyl groups is 1. The van der Waals surface area contributed by atoms with Crippen LogP contribution in [0.3, 0.4) is 0 Å². The predicted octanol–water partition coefficient (Wildman–Crippen LogP) is 3.22. The summed E-state index contributed by atoms with van der Waals surface area (Å²) in [5.74, 6) is 0. The molecule has 2 nitrogen and oxygen atoms in total. The third-order valence-corrected chi connectivity index (χ3v) is 3.86. The lowest BCUT2D eigenvalue weighted by molar-refractivity contribution is 0.0515. The predicted molar refractivity (Wildman–Crippen MR) is 78.1 cm³/mol. The summed E-state index contributed by atoms with van der Waals surface area (Å²) in [5.41, 5.74) is 1.55. The molecule has 98 valence electrons. The number of benzene rings is 2. The molecule has 0 bridgehead atoms. The van der Waals surface area contributed by atoms with Crippen LogP contribution in [0.15, 0.2) is 60.7 Å². The maximum absolute atomic E-state index is 11.0. The van der Waals surface area contributed by atoms with E-state index >= 15 is 0 Å². The maximum Gasteiger partial charge on any atom is 0.142 e. The molecule has 2 aromatic carbocycles. The minimum Gasteiger partial charge on any atom is -0.371 e. The van der Waals surface area contributed by atoms with Gasteiger partial charge in [0, 0.05) is 18.7 Å². The molecular formula is C17H19NO. The van der Waals surface area contributed by atoms with E-state index in [0.717, 1.165) is 25.1 Å². The first kappa shape index (κ1) is 12.2. The highest BCUT2D eigenvalue weighted by atomic mass is 16.3. The Morgan fingerprint density at radius 3 is 2.26 bits per heavy atom. The minimum atomic E-state index is -0.747. The van der Waals surface area contributed by atoms with Crippen molar-refractivity contribution in [1.82, 2.24) is 0 Å². The average Bonchev–Trinajstić information content (AvgIpc) is 2.82. The molecule has 0 aliphatic carbocycles. The minimum absolute atomic E-state index is 0.683. The van der Waals surface area contributed by atoms with Crippen LogP contribution in [0.1, 0.15) is 18.4 Å². The lowest BCUT2D eigenvalue weighted by Gasteiger charge is -2.35. The van der Waals surface area contributed by atoms with E-state index in [1.807, 2.05) is 36.4 Å². The molecule has 2 heteroatoms. The summed E-state index contributed by atoms with van der Waals surface area (Å²) in [6, 6.07) is 20.4. The molecule has 1 heterocycles. The first-order valence-electron chi connectivity index (χ1n) is 6.87. The number of hydrogen-bond acceptors (Lipinski definition) is 2. The summed E-state index contributed by atoms with van der Waals surface area (Å²) in [5, 5.41) is 11.0. The molecule has 3 rings (SSSR count). The van der Waals surface area contributed by atoms with Gasteiger partial charge in [0.05, 0.1) is 0 Å². The Labute approximate surface area is 114 Å². The average molecular weight is 253 g/mol. The van der Waals surface area contributed by atoms with Crippen LogP contribution in [0.4, 0.5) is 5.69 Å². The van der Waals surface area contributed by atoms with E-state index in [1.54, 1.807) is 0 Å². The quantitative estimate of drug-likeness (QED) is 0.908. The van der Waals surface area contributed by atoms with Gasteiger partial charge in [-0.1, -0.05) is 48.5 Å². The fourth-order valence-electron chi connectivity index (χ4n) is 2.95. The fourth-order valence-corrected chi connectivity index (χ4v) is 2.95. The Balaban J connectivity index is 1.86. The normalized spacial score (nSPS) is 22.7. The van der Waals surface area contributed by atoms with Gasteiger partial charge in [-0.2, -0.15) is 0 Å². The van der Waals surface area contributed by atoms with E-state index in [4.69, 9.17) is 0 Å². The van der Waals surface area contributed by atoms with Crippen LogP contribution < -0.4 is 4.90 Å². The Bertz CT molecular complexity index is 525. The van der Waals surface area contributed by atoms with Gasteiger partial charge < -0.3 is 10.0 Å². The molecule has 0 radical (unpaired) electrons. The zero-order valence-electron chi connectivity index (χ0n) is 11.0. The van der Waals surface area contributed by atoms with E-state index < -0.39 is 5.72 Å². The molecule has 0 saturated carbocycles. The molecule has 1 atom stereocenters. The van der Waals surface area contributed by atoms with Crippen molar-refractivity contribution in [2.24, 2.45) is 0 Å². The van der Waals surface area contributed by atoms with Crippen molar-refractivity contribution in [3.63, 3.8) is 0 Å². The Hall–Kier alpha value is -1.80. The summed E-state index contributed by atoms with van der Waals surface area (Å²) in [6.07, 6.45) is 2.55. The first-order chi connectivity index (χ1) is 9.28. The summed E-state index contributed by atoms with van der Waals surface area (Å²) < 4.78 is 0. The highest BCUT2D eigenvalue weighted by molar-refractivity contribution is 5.49. The van der Waals surface area contributed by atoms with E-state index in [2.05, 4.69) is 29.2 Å². The van der Waals surface area contributed by atoms with E-state index in [9.17, 15) is 5.11 Å². The van der Waals surface area contributed by atoms with Crippen LogP contribution >= 0.6 is 0 Å². The third-order valence-electron chi connectivity index (χ3n) is 3.86. The van der Waals surface area contributed by atoms with Gasteiger partial charge in [0.2, 0.25) is 0 Å². The Morgan fingerprint density at radius 1 is 0.947 bits per heavy atom. The van der Waals surface area contributed by atoms with Crippen LogP contribution in [-0.4, -0.2) is 17.4 Å². The second-order valence-corrected chi connectivity index (χ2v) is 5.24. The van der Waals surface area contributed by atoms with E-state index in [1.165, 1.54) is 5.56 Å². The number of hydrogen-bond donors (Lipinski definition) is 1. The number of para-hydroxylation sites is 1. The largest absolute Gasteiger partial charge is 0.371 e. The monoisotopic (exact) mass is 253 g/mol. The number of anilines is 1. The molecule has 1 fully saturated rings. The topological polar surface area (TPSA) is 23.5 Å². The zero-order valence-corrected chi connectivity index (χ0v) is 11.0. The second kappa shape index (κ2) is 5.06. The molecule has 19 heavy (non-hydrogen) atoms. The van der Waals surface area contributed by atoms with Crippen molar-refractivity contribution in [2.75, 3.05) is 11.4 Å². The van der Waals surface area contributed by atoms with Crippen molar-refractivity contribution in [3.8, 4) is 0 Å². The second-order valence-electron chi connectivity index (χ2n) is 5.24. The van der Waals surface area contributed by atoms with Crippen molar-refractivity contribution in [1.29, 1.82) is 0 Å². The van der Waals surface area contributed by atoms with E-state index in [-0.39, 0.29) is 0 Å². The number of nitrogens with zero attached hydrogens (tertiary/aromatic N) is 1. The molecule has 1 aliphatic heterocycles. The third kappa shape index (κ3) is 2.49. The molecular weight excluding hydrogens is 234 g/mol. The van der Waals surface area contributed by atoms with Gasteiger partial charge in [-0.3, -0.25) is 0 Å². The van der Waals surface area contributed by atoms with Gasteiger partial charge in [-0.05, 0) is 30.5 Å². The van der Waals surface area contributed by atoms with Gasteiger partial charge in [0.1, 0.15) is 5.72 Å². The van der Waals surface area contributed by atoms with Gasteiger partial charge in [-0.25, -0.2) is 0 Å². The molecule has 1 aliphatic rings. The maximum atomic E-state index is 11.0. The van der Waals surface area contributed by atoms with Crippen LogP contribution in [0, 0.1) is 0 Å². The summed E-state index contributed by atoms with van der Waals surface area (Å²) in [6.45, 7) is 0.924. The van der Waals surface area contributed by atoms with Crippen molar-refractivity contribution < 1.29 is 5.11 Å². The zero-order chi connectivity index (χ0) is 13.1. The Kier molecular flexibility index (Phi) is 3.26. The summed E-state index contributed by atoms with van der Waals surface area (Å²) in [7, 11) is 0. The van der Waals surface area contributed by atoms with Crippen LogP contribution in [-0.2, 0) is 6.42 Å². The standard InChI is InChI=1S/C17H19NO/c19-17(14-15-8-3-1-4-9-15)12-7-13-18(17)16-10-5-2-6-11-16/h1-6,8-11,19H,7,12-14H2. The molecule has 2 aromatic rings. The SMILES string of the molecule is OC1(Cc2ccccc2)CCCN1c1ccccc1. The molecule has 1 unspecified atom stereocenters. The van der Waals surface area contributed by atoms with Crippen LogP contribution in [0.5, 0.6) is 0 Å². The summed E-state index contributed by atoms with van der Waals surface area (Å²) in [4.78, 5) is 2.14. The Morgan fingerprint density at radius 2 is 1.58 bits per heavy atom. The van der Waals surface area contributed by atoms with Gasteiger partial charge in [0.25, 0.3) is 0 Å². The summed E-state index contributed by atoms with van der Waals surface area (Å²) >= 11 is 0. The van der Waals surface area contributed by atoms with E-state index in [0.29, 0.717) is 6.42 Å². The highest BCUT2D eigenvalue weighted by Gasteiger charge is 2.38. The molecule has 1 N–H and O–H groups in total. The van der Waals surface area contributed by atoms with Gasteiger partial charge in [-0.15, -0.1) is 0 Å². The molecule has 0 aromatic heterocycles. The van der Waals surface area contributed by atoms with Crippen LogP contribution in [0.2, 0.25) is 0 Å². The van der Waals surface area contributed by atoms with Crippen molar-refractivity contribution in [2.45, 2.75) is 25.0 Å². The lowest BCUT2D eigenvalue weighted by atomic mass is 9.99. The lowest BCUT2D eigenvalue weighted by Crippen LogP contribution is -2.45. The van der Waals surface area contributed by atoms with Gasteiger partial charge in [0.15, 0.2) is 0 Å². The molecule has 1 saturated heterocycles. The van der Waals surface area contributed by atoms with Crippen molar-refractivity contribution in [3.05, 3.63) is 66.2 Å². The van der Waals surface area contributed by atoms with Crippen LogP contribution in [0.25, 0.3) is 0 Å². The van der Waals surface area contributed by atoms with Gasteiger partial charge >= 0.3 is 0 Å². The van der Waals surface area contributed by atoms with Crippen molar-refractivity contribution >= 4 is 5.69 Å². The highest BCUT2D eigenvalue weighted by Crippen LogP contribution is 2.34. The first-order valence-corrected chi connectivity index (χ1v) is 6.87. The fraction of sp³-hybridized carbons (Fsp3) is 0.294. The smallest absolute Gasteiger partial charge is 0.142 e. The number of rotatable bonds is 3. The molecule has 0 spiro atoms.